The van der Waals surface area contributed by atoms with Crippen molar-refractivity contribution in [2.75, 3.05) is 26.2 Å². The first kappa shape index (κ1) is 12.4. The second-order valence-electron chi connectivity index (χ2n) is 4.59. The number of piperidine rings is 1. The van der Waals surface area contributed by atoms with Crippen molar-refractivity contribution in [2.45, 2.75) is 25.4 Å². The molecule has 0 amide bonds. The SMILES string of the molecule is OC1CCN(CCCOc2ccccc2)CC1. The molecule has 1 aromatic rings. The average Bonchev–Trinajstić information content (AvgIpc) is 2.38. The number of para-hydroxylation sites is 1. The second-order valence-corrected chi connectivity index (χ2v) is 4.59. The molecule has 3 heteroatoms. The Morgan fingerprint density at radius 2 is 1.88 bits per heavy atom. The monoisotopic (exact) mass is 235 g/mol. The summed E-state index contributed by atoms with van der Waals surface area (Å²) in [4.78, 5) is 2.40. The van der Waals surface area contributed by atoms with E-state index in [9.17, 15) is 5.11 Å². The maximum atomic E-state index is 9.40. The number of benzene rings is 1. The Labute approximate surface area is 103 Å². The predicted molar refractivity (Wildman–Crippen MR) is 68.2 cm³/mol. The largest absolute Gasteiger partial charge is 0.494 e. The first-order chi connectivity index (χ1) is 8.34. The van der Waals surface area contributed by atoms with Crippen molar-refractivity contribution in [3.05, 3.63) is 30.3 Å². The van der Waals surface area contributed by atoms with Crippen LogP contribution < -0.4 is 4.74 Å². The molecular formula is C14H21NO2. The van der Waals surface area contributed by atoms with Gasteiger partial charge in [0.05, 0.1) is 12.7 Å². The van der Waals surface area contributed by atoms with Crippen molar-refractivity contribution in [2.24, 2.45) is 0 Å². The van der Waals surface area contributed by atoms with Crippen molar-refractivity contribution in [1.82, 2.24) is 4.90 Å². The highest BCUT2D eigenvalue weighted by Gasteiger charge is 2.15. The van der Waals surface area contributed by atoms with E-state index in [-0.39, 0.29) is 6.10 Å². The molecule has 3 nitrogen and oxygen atoms in total. The summed E-state index contributed by atoms with van der Waals surface area (Å²) < 4.78 is 5.64. The molecule has 0 bridgehead atoms. The van der Waals surface area contributed by atoms with E-state index in [4.69, 9.17) is 4.74 Å². The normalized spacial score (nSPS) is 18.2. The number of rotatable bonds is 5. The molecule has 0 radical (unpaired) electrons. The molecule has 1 saturated heterocycles. The van der Waals surface area contributed by atoms with Gasteiger partial charge < -0.3 is 14.7 Å². The summed E-state index contributed by atoms with van der Waals surface area (Å²) in [6.45, 7) is 3.88. The average molecular weight is 235 g/mol. The molecule has 1 aliphatic heterocycles. The zero-order chi connectivity index (χ0) is 11.9. The van der Waals surface area contributed by atoms with Gasteiger partial charge in [0, 0.05) is 19.6 Å². The summed E-state index contributed by atoms with van der Waals surface area (Å²) in [5, 5.41) is 9.40. The number of ether oxygens (including phenoxy) is 1. The summed E-state index contributed by atoms with van der Waals surface area (Å²) in [5.74, 6) is 0.946. The molecule has 0 atom stereocenters. The van der Waals surface area contributed by atoms with Gasteiger partial charge in [0.2, 0.25) is 0 Å². The standard InChI is InChI=1S/C14H21NO2/c16-13-7-10-15(11-8-13)9-4-12-17-14-5-2-1-3-6-14/h1-3,5-6,13,16H,4,7-12H2. The molecule has 1 aromatic carbocycles. The molecule has 1 fully saturated rings. The Morgan fingerprint density at radius 1 is 1.18 bits per heavy atom. The van der Waals surface area contributed by atoms with Gasteiger partial charge in [0.1, 0.15) is 5.75 Å². The number of aliphatic hydroxyl groups excluding tert-OH is 1. The fourth-order valence-electron chi connectivity index (χ4n) is 2.14. The van der Waals surface area contributed by atoms with Gasteiger partial charge in [-0.15, -0.1) is 0 Å². The van der Waals surface area contributed by atoms with Crippen LogP contribution in [0.3, 0.4) is 0 Å². The molecule has 2 rings (SSSR count). The van der Waals surface area contributed by atoms with E-state index in [0.29, 0.717) is 0 Å². The van der Waals surface area contributed by atoms with E-state index in [2.05, 4.69) is 4.90 Å². The van der Waals surface area contributed by atoms with Crippen LogP contribution in [-0.2, 0) is 0 Å². The molecule has 0 aromatic heterocycles. The molecule has 1 N–H and O–H groups in total. The fourth-order valence-corrected chi connectivity index (χ4v) is 2.14. The fraction of sp³-hybridized carbons (Fsp3) is 0.571. The van der Waals surface area contributed by atoms with Crippen LogP contribution in [0.25, 0.3) is 0 Å². The minimum absolute atomic E-state index is 0.0770. The van der Waals surface area contributed by atoms with Crippen LogP contribution in [0.1, 0.15) is 19.3 Å². The molecule has 94 valence electrons. The van der Waals surface area contributed by atoms with Crippen LogP contribution in [0.2, 0.25) is 0 Å². The highest BCUT2D eigenvalue weighted by atomic mass is 16.5. The first-order valence-corrected chi connectivity index (χ1v) is 6.43. The summed E-state index contributed by atoms with van der Waals surface area (Å²) >= 11 is 0. The second kappa shape index (κ2) is 6.62. The molecule has 0 unspecified atom stereocenters. The first-order valence-electron chi connectivity index (χ1n) is 6.43. The van der Waals surface area contributed by atoms with Crippen molar-refractivity contribution in [1.29, 1.82) is 0 Å². The Kier molecular flexibility index (Phi) is 4.83. The van der Waals surface area contributed by atoms with Gasteiger partial charge in [-0.2, -0.15) is 0 Å². The molecule has 0 spiro atoms. The van der Waals surface area contributed by atoms with Gasteiger partial charge in [-0.25, -0.2) is 0 Å². The Hall–Kier alpha value is -1.06. The minimum atomic E-state index is -0.0770. The topological polar surface area (TPSA) is 32.7 Å². The van der Waals surface area contributed by atoms with Gasteiger partial charge in [-0.1, -0.05) is 18.2 Å². The Bertz CT molecular complexity index is 307. The lowest BCUT2D eigenvalue weighted by molar-refractivity contribution is 0.0800. The maximum Gasteiger partial charge on any atom is 0.119 e. The number of hydrogen-bond acceptors (Lipinski definition) is 3. The maximum absolute atomic E-state index is 9.40. The number of aliphatic hydroxyl groups is 1. The molecule has 17 heavy (non-hydrogen) atoms. The molecule has 0 saturated carbocycles. The van der Waals surface area contributed by atoms with Crippen molar-refractivity contribution in [3.8, 4) is 5.75 Å². The predicted octanol–water partition coefficient (Wildman–Crippen LogP) is 1.91. The Morgan fingerprint density at radius 3 is 2.59 bits per heavy atom. The lowest BCUT2D eigenvalue weighted by atomic mass is 10.1. The number of likely N-dealkylation sites (tertiary alicyclic amines) is 1. The quantitative estimate of drug-likeness (QED) is 0.791. The highest BCUT2D eigenvalue weighted by molar-refractivity contribution is 5.20. The van der Waals surface area contributed by atoms with Crippen molar-refractivity contribution < 1.29 is 9.84 Å². The third kappa shape index (κ3) is 4.36. The summed E-state index contributed by atoms with van der Waals surface area (Å²) in [7, 11) is 0. The van der Waals surface area contributed by atoms with Crippen molar-refractivity contribution >= 4 is 0 Å². The summed E-state index contributed by atoms with van der Waals surface area (Å²) in [6.07, 6.45) is 2.80. The highest BCUT2D eigenvalue weighted by Crippen LogP contribution is 2.11. The van der Waals surface area contributed by atoms with E-state index in [1.165, 1.54) is 0 Å². The summed E-state index contributed by atoms with van der Waals surface area (Å²) in [5.41, 5.74) is 0. The minimum Gasteiger partial charge on any atom is -0.494 e. The smallest absolute Gasteiger partial charge is 0.119 e. The van der Waals surface area contributed by atoms with Gasteiger partial charge >= 0.3 is 0 Å². The molecular weight excluding hydrogens is 214 g/mol. The van der Waals surface area contributed by atoms with Gasteiger partial charge in [0.15, 0.2) is 0 Å². The van der Waals surface area contributed by atoms with E-state index in [1.807, 2.05) is 30.3 Å². The zero-order valence-corrected chi connectivity index (χ0v) is 10.2. The van der Waals surface area contributed by atoms with Gasteiger partial charge in [-0.3, -0.25) is 0 Å². The zero-order valence-electron chi connectivity index (χ0n) is 10.2. The molecule has 1 aliphatic rings. The van der Waals surface area contributed by atoms with Crippen LogP contribution in [0, 0.1) is 0 Å². The Balaban J connectivity index is 1.57. The third-order valence-corrected chi connectivity index (χ3v) is 3.19. The van der Waals surface area contributed by atoms with E-state index >= 15 is 0 Å². The lowest BCUT2D eigenvalue weighted by Crippen LogP contribution is -2.36. The van der Waals surface area contributed by atoms with Crippen LogP contribution in [0.5, 0.6) is 5.75 Å². The van der Waals surface area contributed by atoms with E-state index < -0.39 is 0 Å². The van der Waals surface area contributed by atoms with E-state index in [0.717, 1.165) is 51.3 Å². The summed E-state index contributed by atoms with van der Waals surface area (Å²) in [6, 6.07) is 9.93. The van der Waals surface area contributed by atoms with Gasteiger partial charge in [-0.05, 0) is 31.4 Å². The number of nitrogens with zero attached hydrogens (tertiary/aromatic N) is 1. The molecule has 1 heterocycles. The van der Waals surface area contributed by atoms with Crippen LogP contribution in [-0.4, -0.2) is 42.4 Å². The molecule has 0 aliphatic carbocycles. The van der Waals surface area contributed by atoms with Crippen LogP contribution in [0.4, 0.5) is 0 Å². The van der Waals surface area contributed by atoms with E-state index in [1.54, 1.807) is 0 Å². The third-order valence-electron chi connectivity index (χ3n) is 3.19. The van der Waals surface area contributed by atoms with Crippen LogP contribution >= 0.6 is 0 Å². The van der Waals surface area contributed by atoms with Crippen LogP contribution in [0.15, 0.2) is 30.3 Å². The van der Waals surface area contributed by atoms with Crippen molar-refractivity contribution in [3.63, 3.8) is 0 Å². The van der Waals surface area contributed by atoms with Gasteiger partial charge in [0.25, 0.3) is 0 Å². The lowest BCUT2D eigenvalue weighted by Gasteiger charge is -2.29. The number of hydrogen-bond donors (Lipinski definition) is 1.